The van der Waals surface area contributed by atoms with Gasteiger partial charge in [0.05, 0.1) is 5.52 Å². The summed E-state index contributed by atoms with van der Waals surface area (Å²) in [4.78, 5) is 0. The topological polar surface area (TPSA) is 30.9 Å². The third kappa shape index (κ3) is 1.84. The van der Waals surface area contributed by atoms with Gasteiger partial charge in [-0.1, -0.05) is 18.2 Å². The van der Waals surface area contributed by atoms with Crippen molar-refractivity contribution in [2.24, 2.45) is 0 Å². The second kappa shape index (κ2) is 4.18. The van der Waals surface area contributed by atoms with Crippen LogP contribution in [0.2, 0.25) is 0 Å². The van der Waals surface area contributed by atoms with Crippen LogP contribution in [0.1, 0.15) is 5.56 Å². The summed E-state index contributed by atoms with van der Waals surface area (Å²) < 4.78 is 15.6. The highest BCUT2D eigenvalue weighted by atomic mass is 19.1. The number of hydrogen-bond donors (Lipinski definition) is 1. The zero-order valence-electron chi connectivity index (χ0n) is 9.81. The first kappa shape index (κ1) is 10.8. The summed E-state index contributed by atoms with van der Waals surface area (Å²) in [5, 5.41) is 0.654. The Balaban J connectivity index is 2.03. The van der Waals surface area contributed by atoms with E-state index in [4.69, 9.17) is 5.73 Å². The molecule has 90 valence electrons. The maximum Gasteiger partial charge on any atom is 0.132 e. The van der Waals surface area contributed by atoms with Crippen LogP contribution in [-0.4, -0.2) is 4.57 Å². The van der Waals surface area contributed by atoms with Crippen molar-refractivity contribution in [3.63, 3.8) is 0 Å². The number of aromatic nitrogens is 1. The number of nitrogens with two attached hydrogens (primary N) is 1. The lowest BCUT2D eigenvalue weighted by molar-refractivity contribution is 0.639. The molecular weight excluding hydrogens is 227 g/mol. The zero-order chi connectivity index (χ0) is 12.5. The van der Waals surface area contributed by atoms with E-state index in [0.29, 0.717) is 11.9 Å². The van der Waals surface area contributed by atoms with Crippen LogP contribution in [0.15, 0.2) is 54.7 Å². The maximum absolute atomic E-state index is 13.6. The molecule has 3 aromatic rings. The molecule has 1 heterocycles. The van der Waals surface area contributed by atoms with Crippen molar-refractivity contribution in [2.75, 3.05) is 5.73 Å². The van der Waals surface area contributed by atoms with Gasteiger partial charge in [-0.2, -0.15) is 0 Å². The molecule has 0 aliphatic carbocycles. The van der Waals surface area contributed by atoms with Crippen molar-refractivity contribution in [1.29, 1.82) is 0 Å². The Hall–Kier alpha value is -2.29. The average Bonchev–Trinajstić information content (AvgIpc) is 2.74. The molecule has 0 bridgehead atoms. The number of halogens is 1. The summed E-state index contributed by atoms with van der Waals surface area (Å²) in [7, 11) is 0. The number of benzene rings is 2. The second-order valence-corrected chi connectivity index (χ2v) is 4.36. The first-order valence-electron chi connectivity index (χ1n) is 5.82. The number of fused-ring (bicyclic) bond motifs is 1. The van der Waals surface area contributed by atoms with E-state index >= 15 is 0 Å². The van der Waals surface area contributed by atoms with E-state index in [2.05, 4.69) is 0 Å². The van der Waals surface area contributed by atoms with Gasteiger partial charge in [0.2, 0.25) is 0 Å². The summed E-state index contributed by atoms with van der Waals surface area (Å²) in [5.41, 5.74) is 8.51. The lowest BCUT2D eigenvalue weighted by atomic mass is 10.2. The normalized spacial score (nSPS) is 10.9. The van der Waals surface area contributed by atoms with Crippen LogP contribution in [0.5, 0.6) is 0 Å². The molecule has 2 aromatic carbocycles. The van der Waals surface area contributed by atoms with Gasteiger partial charge >= 0.3 is 0 Å². The van der Waals surface area contributed by atoms with Gasteiger partial charge < -0.3 is 10.3 Å². The lowest BCUT2D eigenvalue weighted by Crippen LogP contribution is -1.98. The minimum atomic E-state index is -0.182. The van der Waals surface area contributed by atoms with Crippen molar-refractivity contribution < 1.29 is 4.39 Å². The van der Waals surface area contributed by atoms with Crippen LogP contribution in [-0.2, 0) is 6.54 Å². The molecule has 0 radical (unpaired) electrons. The first-order chi connectivity index (χ1) is 8.74. The van der Waals surface area contributed by atoms with Crippen LogP contribution in [0, 0.1) is 5.82 Å². The quantitative estimate of drug-likeness (QED) is 0.684. The minimum Gasteiger partial charge on any atom is -0.399 e. The Labute approximate surface area is 104 Å². The van der Waals surface area contributed by atoms with E-state index in [1.165, 1.54) is 6.07 Å². The van der Waals surface area contributed by atoms with Crippen molar-refractivity contribution >= 4 is 16.6 Å². The minimum absolute atomic E-state index is 0.182. The summed E-state index contributed by atoms with van der Waals surface area (Å²) >= 11 is 0. The highest BCUT2D eigenvalue weighted by Crippen LogP contribution is 2.20. The molecule has 3 heteroatoms. The van der Waals surface area contributed by atoms with Crippen molar-refractivity contribution in [3.05, 3.63) is 66.1 Å². The van der Waals surface area contributed by atoms with Crippen LogP contribution in [0.4, 0.5) is 10.1 Å². The molecule has 0 aliphatic heterocycles. The Morgan fingerprint density at radius 1 is 1.06 bits per heavy atom. The highest BCUT2D eigenvalue weighted by Gasteiger charge is 2.05. The van der Waals surface area contributed by atoms with Gasteiger partial charge in [0.25, 0.3) is 0 Å². The number of nitrogens with zero attached hydrogens (tertiary/aromatic N) is 1. The molecule has 0 spiro atoms. The summed E-state index contributed by atoms with van der Waals surface area (Å²) in [6, 6.07) is 14.7. The maximum atomic E-state index is 13.6. The van der Waals surface area contributed by atoms with Crippen molar-refractivity contribution in [2.45, 2.75) is 6.54 Å². The number of anilines is 1. The fraction of sp³-hybridized carbons (Fsp3) is 0.0667. The number of nitrogen functional groups attached to an aromatic ring is 1. The van der Waals surface area contributed by atoms with E-state index < -0.39 is 0 Å². The monoisotopic (exact) mass is 240 g/mol. The number of rotatable bonds is 2. The molecule has 0 saturated heterocycles. The van der Waals surface area contributed by atoms with E-state index in [9.17, 15) is 4.39 Å². The third-order valence-corrected chi connectivity index (χ3v) is 3.06. The van der Waals surface area contributed by atoms with Crippen LogP contribution >= 0.6 is 0 Å². The SMILES string of the molecule is Nc1cccc(Cn2ccc3c(F)cccc32)c1. The van der Waals surface area contributed by atoms with E-state index in [1.54, 1.807) is 12.1 Å². The van der Waals surface area contributed by atoms with Crippen LogP contribution < -0.4 is 5.73 Å². The van der Waals surface area contributed by atoms with Gasteiger partial charge in [0.1, 0.15) is 5.82 Å². The second-order valence-electron chi connectivity index (χ2n) is 4.36. The fourth-order valence-electron chi connectivity index (χ4n) is 2.21. The van der Waals surface area contributed by atoms with Crippen LogP contribution in [0.25, 0.3) is 10.9 Å². The Kier molecular flexibility index (Phi) is 2.52. The molecule has 0 saturated carbocycles. The third-order valence-electron chi connectivity index (χ3n) is 3.06. The van der Waals surface area contributed by atoms with Crippen molar-refractivity contribution in [1.82, 2.24) is 4.57 Å². The predicted molar refractivity (Wildman–Crippen MR) is 71.9 cm³/mol. The largest absolute Gasteiger partial charge is 0.399 e. The number of hydrogen-bond acceptors (Lipinski definition) is 1. The van der Waals surface area contributed by atoms with Crippen molar-refractivity contribution in [3.8, 4) is 0 Å². The molecule has 0 aliphatic rings. The average molecular weight is 240 g/mol. The van der Waals surface area contributed by atoms with Crippen LogP contribution in [0.3, 0.4) is 0 Å². The fourth-order valence-corrected chi connectivity index (χ4v) is 2.21. The Bertz CT molecular complexity index is 701. The smallest absolute Gasteiger partial charge is 0.132 e. The molecule has 18 heavy (non-hydrogen) atoms. The van der Waals surface area contributed by atoms with E-state index in [-0.39, 0.29) is 5.82 Å². The first-order valence-corrected chi connectivity index (χ1v) is 5.82. The molecule has 0 unspecified atom stereocenters. The molecule has 1 aromatic heterocycles. The van der Waals surface area contributed by atoms with Gasteiger partial charge in [-0.25, -0.2) is 4.39 Å². The highest BCUT2D eigenvalue weighted by molar-refractivity contribution is 5.80. The lowest BCUT2D eigenvalue weighted by Gasteiger charge is -2.06. The molecular formula is C15H13FN2. The van der Waals surface area contributed by atoms with Gasteiger partial charge in [-0.15, -0.1) is 0 Å². The standard InChI is InChI=1S/C15H13FN2/c16-14-5-2-6-15-13(14)7-8-18(15)10-11-3-1-4-12(17)9-11/h1-9H,10,17H2. The summed E-state index contributed by atoms with van der Waals surface area (Å²) in [5.74, 6) is -0.182. The molecule has 0 fully saturated rings. The predicted octanol–water partition coefficient (Wildman–Crippen LogP) is 3.41. The molecule has 0 atom stereocenters. The van der Waals surface area contributed by atoms with Gasteiger partial charge in [0.15, 0.2) is 0 Å². The van der Waals surface area contributed by atoms with Gasteiger partial charge in [-0.3, -0.25) is 0 Å². The molecule has 3 rings (SSSR count). The Morgan fingerprint density at radius 2 is 1.89 bits per heavy atom. The molecule has 2 nitrogen and oxygen atoms in total. The molecule has 2 N–H and O–H groups in total. The zero-order valence-corrected chi connectivity index (χ0v) is 9.81. The summed E-state index contributed by atoms with van der Waals surface area (Å²) in [6.07, 6.45) is 1.90. The Morgan fingerprint density at radius 3 is 2.72 bits per heavy atom. The van der Waals surface area contributed by atoms with Gasteiger partial charge in [-0.05, 0) is 35.9 Å². The van der Waals surface area contributed by atoms with Gasteiger partial charge in [0, 0.05) is 23.8 Å². The van der Waals surface area contributed by atoms with E-state index in [0.717, 1.165) is 16.8 Å². The summed E-state index contributed by atoms with van der Waals surface area (Å²) in [6.45, 7) is 0.692. The molecule has 0 amide bonds. The van der Waals surface area contributed by atoms with E-state index in [1.807, 2.05) is 41.1 Å².